The van der Waals surface area contributed by atoms with Crippen molar-refractivity contribution in [2.75, 3.05) is 7.05 Å². The zero-order valence-corrected chi connectivity index (χ0v) is 7.76. The minimum atomic E-state index is -0.698. The topological polar surface area (TPSA) is 49.3 Å². The summed E-state index contributed by atoms with van der Waals surface area (Å²) in [6.45, 7) is 2.12. The summed E-state index contributed by atoms with van der Waals surface area (Å²) < 4.78 is 0. The predicted molar refractivity (Wildman–Crippen MR) is 47.1 cm³/mol. The molecule has 0 aromatic rings. The van der Waals surface area contributed by atoms with Gasteiger partial charge in [-0.05, 0) is 25.8 Å². The summed E-state index contributed by atoms with van der Waals surface area (Å²) in [6.07, 6.45) is 3.72. The van der Waals surface area contributed by atoms with Crippen LogP contribution in [0, 0.1) is 5.92 Å². The monoisotopic (exact) mass is 171 g/mol. The molecular weight excluding hydrogens is 154 g/mol. The average molecular weight is 171 g/mol. The Hall–Kier alpha value is -0.570. The molecule has 3 nitrogen and oxygen atoms in total. The summed E-state index contributed by atoms with van der Waals surface area (Å²) in [4.78, 5) is 11.0. The van der Waals surface area contributed by atoms with Gasteiger partial charge in [0.2, 0.25) is 0 Å². The zero-order chi connectivity index (χ0) is 9.19. The number of aliphatic carboxylic acids is 1. The molecular formula is C9H17NO2. The fourth-order valence-electron chi connectivity index (χ4n) is 2.08. The Kier molecular flexibility index (Phi) is 2.73. The van der Waals surface area contributed by atoms with E-state index in [0.29, 0.717) is 5.92 Å². The van der Waals surface area contributed by atoms with Crippen molar-refractivity contribution in [2.45, 2.75) is 38.1 Å². The van der Waals surface area contributed by atoms with Crippen LogP contribution < -0.4 is 5.32 Å². The number of likely N-dealkylation sites (N-methyl/N-ethyl adjacent to an activating group) is 1. The second kappa shape index (κ2) is 3.44. The number of nitrogens with one attached hydrogen (secondary N) is 1. The molecule has 0 radical (unpaired) electrons. The van der Waals surface area contributed by atoms with Gasteiger partial charge in [0, 0.05) is 0 Å². The first-order chi connectivity index (χ1) is 5.60. The molecule has 0 amide bonds. The van der Waals surface area contributed by atoms with Gasteiger partial charge in [-0.25, -0.2) is 0 Å². The maximum Gasteiger partial charge on any atom is 0.323 e. The third-order valence-electron chi connectivity index (χ3n) is 2.89. The Balaban J connectivity index is 2.71. The van der Waals surface area contributed by atoms with Crippen molar-refractivity contribution in [3.63, 3.8) is 0 Å². The summed E-state index contributed by atoms with van der Waals surface area (Å²) in [7, 11) is 1.74. The molecule has 70 valence electrons. The van der Waals surface area contributed by atoms with Crippen LogP contribution in [-0.4, -0.2) is 23.7 Å². The van der Waals surface area contributed by atoms with Crippen LogP contribution in [0.15, 0.2) is 0 Å². The molecule has 0 aromatic carbocycles. The van der Waals surface area contributed by atoms with E-state index < -0.39 is 11.5 Å². The summed E-state index contributed by atoms with van der Waals surface area (Å²) >= 11 is 0. The number of rotatable bonds is 2. The van der Waals surface area contributed by atoms with E-state index in [2.05, 4.69) is 12.2 Å². The highest BCUT2D eigenvalue weighted by atomic mass is 16.4. The molecule has 12 heavy (non-hydrogen) atoms. The maximum atomic E-state index is 11.0. The molecule has 0 heterocycles. The van der Waals surface area contributed by atoms with Gasteiger partial charge in [-0.1, -0.05) is 19.8 Å². The highest BCUT2D eigenvalue weighted by molar-refractivity contribution is 5.78. The van der Waals surface area contributed by atoms with Gasteiger partial charge in [0.25, 0.3) is 0 Å². The first-order valence-corrected chi connectivity index (χ1v) is 4.53. The molecule has 0 saturated heterocycles. The number of hydrogen-bond donors (Lipinski definition) is 2. The van der Waals surface area contributed by atoms with Crippen molar-refractivity contribution in [3.05, 3.63) is 0 Å². The fraction of sp³-hybridized carbons (Fsp3) is 0.889. The first-order valence-electron chi connectivity index (χ1n) is 4.53. The van der Waals surface area contributed by atoms with Gasteiger partial charge in [0.1, 0.15) is 5.54 Å². The van der Waals surface area contributed by atoms with Crippen LogP contribution in [0.1, 0.15) is 32.6 Å². The Labute approximate surface area is 73.2 Å². The van der Waals surface area contributed by atoms with E-state index in [1.165, 1.54) is 0 Å². The number of carboxylic acids is 1. The van der Waals surface area contributed by atoms with Crippen LogP contribution in [0.2, 0.25) is 0 Å². The average Bonchev–Trinajstić information content (AvgIpc) is 2.04. The summed E-state index contributed by atoms with van der Waals surface area (Å²) in [5.74, 6) is -0.168. The van der Waals surface area contributed by atoms with Crippen LogP contribution in [0.25, 0.3) is 0 Å². The molecule has 1 aliphatic carbocycles. The minimum Gasteiger partial charge on any atom is -0.480 e. The third kappa shape index (κ3) is 1.61. The van der Waals surface area contributed by atoms with Gasteiger partial charge in [-0.3, -0.25) is 4.79 Å². The normalized spacial score (nSPS) is 36.3. The molecule has 3 heteroatoms. The van der Waals surface area contributed by atoms with Crippen LogP contribution in [0.3, 0.4) is 0 Å². The number of carbonyl (C=O) groups is 1. The quantitative estimate of drug-likeness (QED) is 0.657. The smallest absolute Gasteiger partial charge is 0.323 e. The summed E-state index contributed by atoms with van der Waals surface area (Å²) in [6, 6.07) is 0. The molecule has 2 atom stereocenters. The van der Waals surface area contributed by atoms with Crippen molar-refractivity contribution in [1.82, 2.24) is 5.32 Å². The largest absolute Gasteiger partial charge is 0.480 e. The summed E-state index contributed by atoms with van der Waals surface area (Å²) in [5.41, 5.74) is -0.641. The van der Waals surface area contributed by atoms with E-state index in [0.717, 1.165) is 25.7 Å². The lowest BCUT2D eigenvalue weighted by molar-refractivity contribution is -0.146. The number of hydrogen-bond acceptors (Lipinski definition) is 2. The van der Waals surface area contributed by atoms with E-state index in [1.807, 2.05) is 0 Å². The SMILES string of the molecule is CN[C@]1(C(=O)O)CCC[C@@H](C)C1. The lowest BCUT2D eigenvalue weighted by Gasteiger charge is -2.36. The molecule has 0 bridgehead atoms. The molecule has 0 aliphatic heterocycles. The zero-order valence-electron chi connectivity index (χ0n) is 7.76. The van der Waals surface area contributed by atoms with Gasteiger partial charge in [0.05, 0.1) is 0 Å². The van der Waals surface area contributed by atoms with E-state index in [-0.39, 0.29) is 0 Å². The predicted octanol–water partition coefficient (Wildman–Crippen LogP) is 1.24. The van der Waals surface area contributed by atoms with Gasteiger partial charge in [-0.2, -0.15) is 0 Å². The minimum absolute atomic E-state index is 0.530. The Morgan fingerprint density at radius 1 is 1.67 bits per heavy atom. The van der Waals surface area contributed by atoms with Crippen LogP contribution >= 0.6 is 0 Å². The van der Waals surface area contributed by atoms with Crippen LogP contribution in [0.4, 0.5) is 0 Å². The Morgan fingerprint density at radius 2 is 2.33 bits per heavy atom. The molecule has 1 saturated carbocycles. The first kappa shape index (κ1) is 9.52. The summed E-state index contributed by atoms with van der Waals surface area (Å²) in [5, 5.41) is 12.0. The lowest BCUT2D eigenvalue weighted by Crippen LogP contribution is -2.53. The van der Waals surface area contributed by atoms with E-state index in [4.69, 9.17) is 5.11 Å². The van der Waals surface area contributed by atoms with Crippen molar-refractivity contribution in [1.29, 1.82) is 0 Å². The van der Waals surface area contributed by atoms with Crippen LogP contribution in [-0.2, 0) is 4.79 Å². The van der Waals surface area contributed by atoms with E-state index in [9.17, 15) is 4.79 Å². The van der Waals surface area contributed by atoms with Gasteiger partial charge >= 0.3 is 5.97 Å². The van der Waals surface area contributed by atoms with Crippen molar-refractivity contribution >= 4 is 5.97 Å². The Morgan fingerprint density at radius 3 is 2.67 bits per heavy atom. The maximum absolute atomic E-state index is 11.0. The highest BCUT2D eigenvalue weighted by Gasteiger charge is 2.40. The van der Waals surface area contributed by atoms with Gasteiger partial charge in [0.15, 0.2) is 0 Å². The van der Waals surface area contributed by atoms with Gasteiger partial charge < -0.3 is 10.4 Å². The Bertz CT molecular complexity index is 181. The van der Waals surface area contributed by atoms with E-state index >= 15 is 0 Å². The molecule has 0 aromatic heterocycles. The second-order valence-corrected chi connectivity index (χ2v) is 3.84. The van der Waals surface area contributed by atoms with E-state index in [1.54, 1.807) is 7.05 Å². The lowest BCUT2D eigenvalue weighted by atomic mass is 9.76. The van der Waals surface area contributed by atoms with Crippen molar-refractivity contribution < 1.29 is 9.90 Å². The highest BCUT2D eigenvalue weighted by Crippen LogP contribution is 2.31. The molecule has 2 N–H and O–H groups in total. The van der Waals surface area contributed by atoms with Crippen molar-refractivity contribution in [2.24, 2.45) is 5.92 Å². The van der Waals surface area contributed by atoms with Gasteiger partial charge in [-0.15, -0.1) is 0 Å². The van der Waals surface area contributed by atoms with Crippen LogP contribution in [0.5, 0.6) is 0 Å². The molecule has 1 aliphatic rings. The third-order valence-corrected chi connectivity index (χ3v) is 2.89. The molecule has 0 unspecified atom stereocenters. The molecule has 1 rings (SSSR count). The fourth-order valence-corrected chi connectivity index (χ4v) is 2.08. The van der Waals surface area contributed by atoms with Crippen molar-refractivity contribution in [3.8, 4) is 0 Å². The second-order valence-electron chi connectivity index (χ2n) is 3.84. The number of carboxylic acid groups (broad SMARTS) is 1. The molecule has 0 spiro atoms. The molecule has 1 fully saturated rings. The standard InChI is InChI=1S/C9H17NO2/c1-7-4-3-5-9(6-7,10-2)8(11)12/h7,10H,3-6H2,1-2H3,(H,11,12)/t7-,9-/m1/s1.